The van der Waals surface area contributed by atoms with Gasteiger partial charge >= 0.3 is 5.97 Å². The summed E-state index contributed by atoms with van der Waals surface area (Å²) in [6.45, 7) is 3.82. The van der Waals surface area contributed by atoms with E-state index in [4.69, 9.17) is 9.47 Å². The molecule has 0 radical (unpaired) electrons. The molecule has 2 aliphatic heterocycles. The van der Waals surface area contributed by atoms with Gasteiger partial charge in [-0.25, -0.2) is 0 Å². The molecule has 2 saturated heterocycles. The van der Waals surface area contributed by atoms with E-state index in [-0.39, 0.29) is 17.2 Å². The molecule has 0 unspecified atom stereocenters. The minimum absolute atomic E-state index is 0.0885. The van der Waals surface area contributed by atoms with Crippen LogP contribution in [0.5, 0.6) is 0 Å². The van der Waals surface area contributed by atoms with Gasteiger partial charge in [-0.15, -0.1) is 0 Å². The lowest BCUT2D eigenvalue weighted by Crippen LogP contribution is -2.36. The van der Waals surface area contributed by atoms with E-state index >= 15 is 0 Å². The zero-order valence-corrected chi connectivity index (χ0v) is 17.9. The predicted molar refractivity (Wildman–Crippen MR) is 115 cm³/mol. The number of morpholine rings is 1. The number of amides is 2. The van der Waals surface area contributed by atoms with Gasteiger partial charge < -0.3 is 14.4 Å². The van der Waals surface area contributed by atoms with Crippen LogP contribution in [-0.2, 0) is 19.1 Å². The Labute approximate surface area is 183 Å². The van der Waals surface area contributed by atoms with Crippen molar-refractivity contribution in [1.82, 2.24) is 4.90 Å². The Morgan fingerprint density at radius 3 is 2.74 bits per heavy atom. The van der Waals surface area contributed by atoms with Crippen molar-refractivity contribution < 1.29 is 28.8 Å². The number of unbranched alkanes of at least 4 members (excludes halogenated alkanes) is 1. The molecular formula is C20H23N3O7S. The maximum atomic E-state index is 12.6. The van der Waals surface area contributed by atoms with Crippen molar-refractivity contribution >= 4 is 46.3 Å². The van der Waals surface area contributed by atoms with E-state index in [1.165, 1.54) is 12.1 Å². The summed E-state index contributed by atoms with van der Waals surface area (Å²) in [5.74, 6) is -1.27. The first kappa shape index (κ1) is 22.8. The average molecular weight is 449 g/mol. The second kappa shape index (κ2) is 10.4. The maximum Gasteiger partial charge on any atom is 0.326 e. The molecule has 1 aromatic rings. The summed E-state index contributed by atoms with van der Waals surface area (Å²) in [7, 11) is 0. The van der Waals surface area contributed by atoms with Gasteiger partial charge in [0.25, 0.3) is 16.8 Å². The monoisotopic (exact) mass is 449 g/mol. The van der Waals surface area contributed by atoms with E-state index in [0.29, 0.717) is 55.7 Å². The summed E-state index contributed by atoms with van der Waals surface area (Å²) in [4.78, 5) is 50.5. The smallest absolute Gasteiger partial charge is 0.326 e. The minimum Gasteiger partial charge on any atom is -0.464 e. The standard InChI is InChI=1S/C20H23N3O7S/c1-2-3-8-30-18(24)13-22-19(25)17(31-20(22)26)12-14-4-5-15(16(11-14)23(27)28)21-6-9-29-10-7-21/h4-5,11-12H,2-3,6-10,13H2,1H3/b17-12-. The summed E-state index contributed by atoms with van der Waals surface area (Å²) < 4.78 is 10.3. The summed E-state index contributed by atoms with van der Waals surface area (Å²) in [6.07, 6.45) is 2.98. The summed E-state index contributed by atoms with van der Waals surface area (Å²) in [6, 6.07) is 4.66. The summed E-state index contributed by atoms with van der Waals surface area (Å²) in [5.41, 5.74) is 0.808. The van der Waals surface area contributed by atoms with Crippen LogP contribution in [0.25, 0.3) is 6.08 Å². The molecule has 2 aliphatic rings. The number of hydrogen-bond donors (Lipinski definition) is 0. The molecule has 166 valence electrons. The second-order valence-corrected chi connectivity index (χ2v) is 7.94. The van der Waals surface area contributed by atoms with Crippen LogP contribution in [0.4, 0.5) is 16.2 Å². The fourth-order valence-corrected chi connectivity index (χ4v) is 3.98. The van der Waals surface area contributed by atoms with Crippen LogP contribution >= 0.6 is 11.8 Å². The first-order valence-electron chi connectivity index (χ1n) is 9.93. The molecule has 0 bridgehead atoms. The quantitative estimate of drug-likeness (QED) is 0.194. The number of nitrogens with zero attached hydrogens (tertiary/aromatic N) is 3. The first-order valence-corrected chi connectivity index (χ1v) is 10.7. The minimum atomic E-state index is -0.650. The van der Waals surface area contributed by atoms with Crippen LogP contribution in [0.3, 0.4) is 0 Å². The molecular weight excluding hydrogens is 426 g/mol. The number of ether oxygens (including phenoxy) is 2. The number of carbonyl (C=O) groups is 3. The first-order chi connectivity index (χ1) is 14.9. The molecule has 3 rings (SSSR count). The number of anilines is 1. The third kappa shape index (κ3) is 5.61. The van der Waals surface area contributed by atoms with Crippen molar-refractivity contribution in [2.45, 2.75) is 19.8 Å². The predicted octanol–water partition coefficient (Wildman–Crippen LogP) is 2.81. The lowest BCUT2D eigenvalue weighted by Gasteiger charge is -2.28. The number of benzene rings is 1. The molecule has 31 heavy (non-hydrogen) atoms. The molecule has 10 nitrogen and oxygen atoms in total. The zero-order valence-electron chi connectivity index (χ0n) is 17.1. The van der Waals surface area contributed by atoms with E-state index in [1.807, 2.05) is 11.8 Å². The lowest BCUT2D eigenvalue weighted by atomic mass is 10.1. The third-order valence-electron chi connectivity index (χ3n) is 4.77. The highest BCUT2D eigenvalue weighted by atomic mass is 32.2. The molecule has 2 heterocycles. The van der Waals surface area contributed by atoms with Crippen LogP contribution < -0.4 is 4.90 Å². The van der Waals surface area contributed by atoms with Crippen molar-refractivity contribution in [2.24, 2.45) is 0 Å². The van der Waals surface area contributed by atoms with Gasteiger partial charge in [-0.2, -0.15) is 0 Å². The second-order valence-electron chi connectivity index (χ2n) is 6.95. The molecule has 0 aliphatic carbocycles. The van der Waals surface area contributed by atoms with Crippen molar-refractivity contribution in [3.63, 3.8) is 0 Å². The average Bonchev–Trinajstić information content (AvgIpc) is 3.01. The van der Waals surface area contributed by atoms with Crippen LogP contribution in [0, 0.1) is 10.1 Å². The van der Waals surface area contributed by atoms with Crippen molar-refractivity contribution in [3.05, 3.63) is 38.8 Å². The van der Waals surface area contributed by atoms with Gasteiger partial charge in [0, 0.05) is 19.2 Å². The zero-order chi connectivity index (χ0) is 22.4. The molecule has 0 N–H and O–H groups in total. The molecule has 0 saturated carbocycles. The summed E-state index contributed by atoms with van der Waals surface area (Å²) in [5, 5.41) is 11.0. The normalized spacial score (nSPS) is 18.0. The van der Waals surface area contributed by atoms with E-state index in [1.54, 1.807) is 12.1 Å². The van der Waals surface area contributed by atoms with E-state index in [2.05, 4.69) is 0 Å². The molecule has 2 fully saturated rings. The highest BCUT2D eigenvalue weighted by molar-refractivity contribution is 8.18. The van der Waals surface area contributed by atoms with Crippen molar-refractivity contribution in [3.8, 4) is 0 Å². The Bertz CT molecular complexity index is 912. The molecule has 11 heteroatoms. The Balaban J connectivity index is 1.75. The van der Waals surface area contributed by atoms with Crippen LogP contribution in [0.15, 0.2) is 23.1 Å². The summed E-state index contributed by atoms with van der Waals surface area (Å²) >= 11 is 0.687. The van der Waals surface area contributed by atoms with Crippen LogP contribution in [0.2, 0.25) is 0 Å². The van der Waals surface area contributed by atoms with Gasteiger partial charge in [0.2, 0.25) is 0 Å². The number of hydrogen-bond acceptors (Lipinski definition) is 9. The number of thioether (sulfide) groups is 1. The number of carbonyl (C=O) groups excluding carboxylic acids is 3. The number of nitro groups is 1. The van der Waals surface area contributed by atoms with Gasteiger partial charge in [0.1, 0.15) is 12.2 Å². The van der Waals surface area contributed by atoms with Gasteiger partial charge in [0.15, 0.2) is 0 Å². The van der Waals surface area contributed by atoms with E-state index in [0.717, 1.165) is 11.3 Å². The number of imide groups is 1. The van der Waals surface area contributed by atoms with Crippen LogP contribution in [-0.4, -0.2) is 66.4 Å². The maximum absolute atomic E-state index is 12.6. The van der Waals surface area contributed by atoms with Gasteiger partial charge in [-0.1, -0.05) is 19.4 Å². The lowest BCUT2D eigenvalue weighted by molar-refractivity contribution is -0.384. The largest absolute Gasteiger partial charge is 0.464 e. The highest BCUT2D eigenvalue weighted by Gasteiger charge is 2.36. The molecule has 1 aromatic carbocycles. The van der Waals surface area contributed by atoms with E-state index < -0.39 is 28.6 Å². The molecule has 0 aromatic heterocycles. The SMILES string of the molecule is CCCCOC(=O)CN1C(=O)S/C(=C\c2ccc(N3CCOCC3)c([N+](=O)[O-])c2)C1=O. The Kier molecular flexibility index (Phi) is 7.64. The van der Waals surface area contributed by atoms with Crippen molar-refractivity contribution in [2.75, 3.05) is 44.4 Å². The van der Waals surface area contributed by atoms with Crippen LogP contribution in [0.1, 0.15) is 25.3 Å². The Morgan fingerprint density at radius 1 is 1.32 bits per heavy atom. The number of nitro benzene ring substituents is 1. The highest BCUT2D eigenvalue weighted by Crippen LogP contribution is 2.35. The van der Waals surface area contributed by atoms with Crippen molar-refractivity contribution in [1.29, 1.82) is 0 Å². The van der Waals surface area contributed by atoms with Gasteiger partial charge in [-0.05, 0) is 35.9 Å². The molecule has 2 amide bonds. The van der Waals surface area contributed by atoms with E-state index in [9.17, 15) is 24.5 Å². The number of esters is 1. The Morgan fingerprint density at radius 2 is 2.06 bits per heavy atom. The Hall–Kier alpha value is -2.92. The fourth-order valence-electron chi connectivity index (χ4n) is 3.14. The fraction of sp³-hybridized carbons (Fsp3) is 0.450. The number of rotatable bonds is 8. The van der Waals surface area contributed by atoms with Gasteiger partial charge in [-0.3, -0.25) is 29.4 Å². The third-order valence-corrected chi connectivity index (χ3v) is 5.67. The molecule has 0 spiro atoms. The topological polar surface area (TPSA) is 119 Å². The van der Waals surface area contributed by atoms with Gasteiger partial charge in [0.05, 0.1) is 29.6 Å². The molecule has 0 atom stereocenters.